The van der Waals surface area contributed by atoms with E-state index in [4.69, 9.17) is 4.98 Å². The number of carbonyl (C=O) groups excluding carboxylic acids is 1. The lowest BCUT2D eigenvalue weighted by Gasteiger charge is -2.25. The molecular formula is C21H24IN3OS2. The Kier molecular flexibility index (Phi) is 7.73. The van der Waals surface area contributed by atoms with E-state index in [1.54, 1.807) is 23.1 Å². The molecule has 0 unspecified atom stereocenters. The zero-order valence-corrected chi connectivity index (χ0v) is 20.1. The van der Waals surface area contributed by atoms with Crippen LogP contribution in [0.3, 0.4) is 0 Å². The standard InChI is InChI=1S/C21H24IN3OS2/c1-4-24(5-2)12-13-25(20(26)16-8-6-7-9-17(16)22)21-23-18-11-10-15(27-3)14-19(18)28-21/h6-11,14H,4-5,12-13H2,1-3H3. The van der Waals surface area contributed by atoms with Gasteiger partial charge in [-0.2, -0.15) is 0 Å². The fraction of sp³-hybridized carbons (Fsp3) is 0.333. The second-order valence-corrected chi connectivity index (χ2v) is 9.34. The number of anilines is 1. The van der Waals surface area contributed by atoms with Crippen LogP contribution < -0.4 is 4.90 Å². The smallest absolute Gasteiger partial charge is 0.261 e. The third kappa shape index (κ3) is 4.87. The lowest BCUT2D eigenvalue weighted by Crippen LogP contribution is -2.39. The number of halogens is 1. The van der Waals surface area contributed by atoms with Crippen LogP contribution in [0.25, 0.3) is 10.2 Å². The molecular weight excluding hydrogens is 501 g/mol. The van der Waals surface area contributed by atoms with Crippen LogP contribution in [-0.2, 0) is 0 Å². The maximum atomic E-state index is 13.4. The molecule has 0 bridgehead atoms. The number of aromatic nitrogens is 1. The van der Waals surface area contributed by atoms with E-state index < -0.39 is 0 Å². The van der Waals surface area contributed by atoms with Gasteiger partial charge in [0, 0.05) is 21.6 Å². The molecule has 1 aromatic heterocycles. The zero-order chi connectivity index (χ0) is 20.1. The minimum atomic E-state index is 0.0151. The van der Waals surface area contributed by atoms with Crippen molar-refractivity contribution in [3.63, 3.8) is 0 Å². The van der Waals surface area contributed by atoms with Crippen molar-refractivity contribution >= 4 is 66.9 Å². The Morgan fingerprint density at radius 3 is 2.57 bits per heavy atom. The highest BCUT2D eigenvalue weighted by atomic mass is 127. The highest BCUT2D eigenvalue weighted by Crippen LogP contribution is 2.32. The lowest BCUT2D eigenvalue weighted by atomic mass is 10.2. The summed E-state index contributed by atoms with van der Waals surface area (Å²) >= 11 is 5.54. The Morgan fingerprint density at radius 2 is 1.89 bits per heavy atom. The van der Waals surface area contributed by atoms with Crippen molar-refractivity contribution in [1.29, 1.82) is 0 Å². The van der Waals surface area contributed by atoms with Gasteiger partial charge in [0.1, 0.15) is 0 Å². The average molecular weight is 525 g/mol. The number of thiazole rings is 1. The SMILES string of the molecule is CCN(CC)CCN(C(=O)c1ccccc1I)c1nc2ccc(SC)cc2s1. The number of nitrogens with zero attached hydrogens (tertiary/aromatic N) is 3. The maximum Gasteiger partial charge on any atom is 0.261 e. The number of hydrogen-bond donors (Lipinski definition) is 0. The van der Waals surface area contributed by atoms with Crippen molar-refractivity contribution in [2.45, 2.75) is 18.7 Å². The first-order valence-corrected chi connectivity index (χ1v) is 12.4. The summed E-state index contributed by atoms with van der Waals surface area (Å²) in [5, 5.41) is 0.769. The molecule has 2 aromatic carbocycles. The molecule has 0 radical (unpaired) electrons. The monoisotopic (exact) mass is 525 g/mol. The molecule has 148 valence electrons. The molecule has 28 heavy (non-hydrogen) atoms. The van der Waals surface area contributed by atoms with E-state index in [1.165, 1.54) is 4.90 Å². The summed E-state index contributed by atoms with van der Waals surface area (Å²) in [5.74, 6) is 0.0151. The second-order valence-electron chi connectivity index (χ2n) is 6.29. The maximum absolute atomic E-state index is 13.4. The normalized spacial score (nSPS) is 11.3. The first kappa shape index (κ1) is 21.5. The molecule has 4 nitrogen and oxygen atoms in total. The van der Waals surface area contributed by atoms with Crippen LogP contribution in [-0.4, -0.2) is 48.2 Å². The van der Waals surface area contributed by atoms with Crippen molar-refractivity contribution in [2.24, 2.45) is 0 Å². The summed E-state index contributed by atoms with van der Waals surface area (Å²) in [4.78, 5) is 23.6. The summed E-state index contributed by atoms with van der Waals surface area (Å²) in [6.07, 6.45) is 2.07. The van der Waals surface area contributed by atoms with E-state index >= 15 is 0 Å². The van der Waals surface area contributed by atoms with E-state index in [0.29, 0.717) is 6.54 Å². The van der Waals surface area contributed by atoms with E-state index in [0.717, 1.165) is 44.1 Å². The molecule has 0 aliphatic heterocycles. The van der Waals surface area contributed by atoms with Gasteiger partial charge in [0.15, 0.2) is 5.13 Å². The third-order valence-corrected chi connectivity index (χ3v) is 7.41. The Labute approximate surface area is 188 Å². The van der Waals surface area contributed by atoms with E-state index in [1.807, 2.05) is 35.2 Å². The molecule has 0 aliphatic rings. The predicted molar refractivity (Wildman–Crippen MR) is 130 cm³/mol. The second kappa shape index (κ2) is 10.0. The van der Waals surface area contributed by atoms with Gasteiger partial charge in [-0.05, 0) is 72.3 Å². The van der Waals surface area contributed by atoms with Crippen LogP contribution in [0.1, 0.15) is 24.2 Å². The van der Waals surface area contributed by atoms with Gasteiger partial charge in [0.25, 0.3) is 5.91 Å². The zero-order valence-electron chi connectivity index (χ0n) is 16.3. The Bertz CT molecular complexity index is 956. The Balaban J connectivity index is 1.97. The van der Waals surface area contributed by atoms with Crippen molar-refractivity contribution < 1.29 is 4.79 Å². The number of amides is 1. The number of fused-ring (bicyclic) bond motifs is 1. The summed E-state index contributed by atoms with van der Waals surface area (Å²) in [6, 6.07) is 14.0. The van der Waals surface area contributed by atoms with E-state index in [2.05, 4.69) is 59.7 Å². The summed E-state index contributed by atoms with van der Waals surface area (Å²) in [7, 11) is 0. The molecule has 0 N–H and O–H groups in total. The van der Waals surface area contributed by atoms with Gasteiger partial charge in [-0.25, -0.2) is 4.98 Å². The van der Waals surface area contributed by atoms with E-state index in [-0.39, 0.29) is 5.91 Å². The van der Waals surface area contributed by atoms with Gasteiger partial charge < -0.3 is 4.90 Å². The highest BCUT2D eigenvalue weighted by Gasteiger charge is 2.23. The van der Waals surface area contributed by atoms with E-state index in [9.17, 15) is 4.79 Å². The lowest BCUT2D eigenvalue weighted by molar-refractivity contribution is 0.0983. The summed E-state index contributed by atoms with van der Waals surface area (Å²) < 4.78 is 2.08. The first-order valence-electron chi connectivity index (χ1n) is 9.30. The highest BCUT2D eigenvalue weighted by molar-refractivity contribution is 14.1. The molecule has 0 fully saturated rings. The van der Waals surface area contributed by atoms with Gasteiger partial charge in [-0.3, -0.25) is 9.69 Å². The molecule has 1 amide bonds. The molecule has 0 saturated heterocycles. The average Bonchev–Trinajstić information content (AvgIpc) is 3.14. The quantitative estimate of drug-likeness (QED) is 0.283. The van der Waals surface area contributed by atoms with Crippen molar-refractivity contribution in [1.82, 2.24) is 9.88 Å². The fourth-order valence-electron chi connectivity index (χ4n) is 2.98. The molecule has 0 spiro atoms. The largest absolute Gasteiger partial charge is 0.302 e. The number of thioether (sulfide) groups is 1. The number of benzene rings is 2. The van der Waals surface area contributed by atoms with Gasteiger partial charge >= 0.3 is 0 Å². The molecule has 3 aromatic rings. The molecule has 1 heterocycles. The van der Waals surface area contributed by atoms with Gasteiger partial charge in [0.2, 0.25) is 0 Å². The number of hydrogen-bond acceptors (Lipinski definition) is 5. The number of carbonyl (C=O) groups is 1. The minimum Gasteiger partial charge on any atom is -0.302 e. The fourth-order valence-corrected chi connectivity index (χ4v) is 5.14. The van der Waals surface area contributed by atoms with Gasteiger partial charge in [0.05, 0.1) is 15.8 Å². The molecule has 7 heteroatoms. The molecule has 0 atom stereocenters. The van der Waals surface area contributed by atoms with Gasteiger partial charge in [-0.1, -0.05) is 37.3 Å². The minimum absolute atomic E-state index is 0.0151. The Morgan fingerprint density at radius 1 is 1.14 bits per heavy atom. The summed E-state index contributed by atoms with van der Waals surface area (Å²) in [5.41, 5.74) is 1.67. The van der Waals surface area contributed by atoms with Crippen LogP contribution in [0, 0.1) is 3.57 Å². The van der Waals surface area contributed by atoms with Crippen molar-refractivity contribution in [3.8, 4) is 0 Å². The van der Waals surface area contributed by atoms with Crippen molar-refractivity contribution in [3.05, 3.63) is 51.6 Å². The topological polar surface area (TPSA) is 36.4 Å². The van der Waals surface area contributed by atoms with Crippen LogP contribution in [0.2, 0.25) is 0 Å². The molecule has 0 aliphatic carbocycles. The van der Waals surface area contributed by atoms with Gasteiger partial charge in [-0.15, -0.1) is 11.8 Å². The number of likely N-dealkylation sites (N-methyl/N-ethyl adjacent to an activating group) is 1. The van der Waals surface area contributed by atoms with Crippen LogP contribution >= 0.6 is 45.7 Å². The van der Waals surface area contributed by atoms with Crippen LogP contribution in [0.4, 0.5) is 5.13 Å². The Hall–Kier alpha value is -1.16. The van der Waals surface area contributed by atoms with Crippen LogP contribution in [0.15, 0.2) is 47.4 Å². The van der Waals surface area contributed by atoms with Crippen LogP contribution in [0.5, 0.6) is 0 Å². The third-order valence-electron chi connectivity index (χ3n) is 4.70. The van der Waals surface area contributed by atoms with Crippen molar-refractivity contribution in [2.75, 3.05) is 37.3 Å². The predicted octanol–water partition coefficient (Wildman–Crippen LogP) is 5.61. The molecule has 3 rings (SSSR count). The first-order chi connectivity index (χ1) is 13.6. The summed E-state index contributed by atoms with van der Waals surface area (Å²) in [6.45, 7) is 7.69. The number of rotatable bonds is 8. The molecule has 0 saturated carbocycles.